The molecule has 0 saturated carbocycles. The Kier molecular flexibility index (Phi) is 4.42. The maximum atomic E-state index is 11.3. The minimum Gasteiger partial charge on any atom is -0.369 e. The highest BCUT2D eigenvalue weighted by Gasteiger charge is 2.38. The van der Waals surface area contributed by atoms with Crippen LogP contribution in [0.2, 0.25) is 0 Å². The van der Waals surface area contributed by atoms with Gasteiger partial charge in [0.1, 0.15) is 11.6 Å². The van der Waals surface area contributed by atoms with Gasteiger partial charge < -0.3 is 11.1 Å². The number of piperidine rings is 1. The van der Waals surface area contributed by atoms with Gasteiger partial charge in [-0.15, -0.1) is 0 Å². The fourth-order valence-corrected chi connectivity index (χ4v) is 3.50. The molecule has 1 aromatic carbocycles. The number of aromatic nitrogens is 2. The molecule has 7 heteroatoms. The highest BCUT2D eigenvalue weighted by Crippen LogP contribution is 2.35. The molecule has 0 aliphatic carbocycles. The number of carbonyl (C=O) groups is 1. The number of nitrogens with zero attached hydrogens (tertiary/aromatic N) is 3. The number of benzene rings is 1. The fraction of sp³-hybridized carbons (Fsp3) is 0.412. The van der Waals surface area contributed by atoms with E-state index in [-0.39, 0.29) is 6.54 Å². The minimum atomic E-state index is -0.477. The van der Waals surface area contributed by atoms with E-state index in [4.69, 9.17) is 5.73 Å². The zero-order valence-electron chi connectivity index (χ0n) is 13.5. The lowest BCUT2D eigenvalue weighted by Crippen LogP contribution is -2.57. The SMILES string of the molecule is C[C@@H]1CNC[C@](NCC(N)=O)(c2ccc(C#N)c3nccnc23)C1. The van der Waals surface area contributed by atoms with Gasteiger partial charge in [0.05, 0.1) is 23.2 Å². The number of nitrogens with one attached hydrogen (secondary N) is 2. The molecule has 0 bridgehead atoms. The van der Waals surface area contributed by atoms with Crippen molar-refractivity contribution in [3.8, 4) is 6.07 Å². The van der Waals surface area contributed by atoms with Crippen molar-refractivity contribution in [2.24, 2.45) is 11.7 Å². The number of fused-ring (bicyclic) bond motifs is 1. The second-order valence-electron chi connectivity index (χ2n) is 6.37. The van der Waals surface area contributed by atoms with E-state index in [1.165, 1.54) is 0 Å². The summed E-state index contributed by atoms with van der Waals surface area (Å²) in [5.41, 5.74) is 7.56. The molecule has 2 heterocycles. The summed E-state index contributed by atoms with van der Waals surface area (Å²) in [6.45, 7) is 3.81. The van der Waals surface area contributed by atoms with E-state index < -0.39 is 11.4 Å². The van der Waals surface area contributed by atoms with Crippen molar-refractivity contribution in [3.05, 3.63) is 35.7 Å². The van der Waals surface area contributed by atoms with Crippen LogP contribution in [0.4, 0.5) is 0 Å². The highest BCUT2D eigenvalue weighted by atomic mass is 16.1. The summed E-state index contributed by atoms with van der Waals surface area (Å²) in [5.74, 6) is 0.0122. The predicted molar refractivity (Wildman–Crippen MR) is 89.8 cm³/mol. The van der Waals surface area contributed by atoms with Gasteiger partial charge in [0.15, 0.2) is 0 Å². The topological polar surface area (TPSA) is 117 Å². The van der Waals surface area contributed by atoms with Crippen LogP contribution in [0.3, 0.4) is 0 Å². The van der Waals surface area contributed by atoms with Gasteiger partial charge in [-0.25, -0.2) is 0 Å². The summed E-state index contributed by atoms with van der Waals surface area (Å²) in [6, 6.07) is 5.83. The molecule has 2 aromatic rings. The van der Waals surface area contributed by atoms with Gasteiger partial charge in [-0.2, -0.15) is 5.26 Å². The molecule has 0 unspecified atom stereocenters. The van der Waals surface area contributed by atoms with Crippen LogP contribution in [0.5, 0.6) is 0 Å². The Morgan fingerprint density at radius 2 is 2.21 bits per heavy atom. The molecule has 1 saturated heterocycles. The number of primary amides is 1. The van der Waals surface area contributed by atoms with E-state index in [0.717, 1.165) is 18.5 Å². The third-order valence-electron chi connectivity index (χ3n) is 4.48. The lowest BCUT2D eigenvalue weighted by molar-refractivity contribution is -0.117. The molecule has 124 valence electrons. The van der Waals surface area contributed by atoms with Crippen molar-refractivity contribution in [2.75, 3.05) is 19.6 Å². The minimum absolute atomic E-state index is 0.0795. The average Bonchev–Trinajstić information content (AvgIpc) is 2.59. The van der Waals surface area contributed by atoms with E-state index in [1.54, 1.807) is 18.5 Å². The van der Waals surface area contributed by atoms with Gasteiger partial charge in [0.2, 0.25) is 5.91 Å². The molecule has 24 heavy (non-hydrogen) atoms. The van der Waals surface area contributed by atoms with Gasteiger partial charge >= 0.3 is 0 Å². The number of hydrogen-bond donors (Lipinski definition) is 3. The van der Waals surface area contributed by atoms with Crippen molar-refractivity contribution in [2.45, 2.75) is 18.9 Å². The Morgan fingerprint density at radius 3 is 2.88 bits per heavy atom. The molecule has 4 N–H and O–H groups in total. The smallest absolute Gasteiger partial charge is 0.231 e. The molecular formula is C17H20N6O. The highest BCUT2D eigenvalue weighted by molar-refractivity contribution is 5.84. The van der Waals surface area contributed by atoms with Gasteiger partial charge in [-0.05, 0) is 24.9 Å². The van der Waals surface area contributed by atoms with Crippen molar-refractivity contribution in [1.82, 2.24) is 20.6 Å². The second-order valence-corrected chi connectivity index (χ2v) is 6.37. The van der Waals surface area contributed by atoms with Crippen LogP contribution in [0.15, 0.2) is 24.5 Å². The molecule has 1 fully saturated rings. The van der Waals surface area contributed by atoms with Crippen LogP contribution < -0.4 is 16.4 Å². The maximum absolute atomic E-state index is 11.3. The average molecular weight is 324 g/mol. The van der Waals surface area contributed by atoms with E-state index in [9.17, 15) is 10.1 Å². The molecule has 1 aliphatic rings. The predicted octanol–water partition coefficient (Wildman–Crippen LogP) is 0.401. The fourth-order valence-electron chi connectivity index (χ4n) is 3.50. The van der Waals surface area contributed by atoms with Crippen LogP contribution in [0.1, 0.15) is 24.5 Å². The number of amides is 1. The van der Waals surface area contributed by atoms with Gasteiger partial charge in [0.25, 0.3) is 0 Å². The van der Waals surface area contributed by atoms with Crippen LogP contribution in [-0.2, 0) is 10.3 Å². The Morgan fingerprint density at radius 1 is 1.46 bits per heavy atom. The molecule has 7 nitrogen and oxygen atoms in total. The number of carbonyl (C=O) groups excluding carboxylic acids is 1. The molecule has 0 spiro atoms. The molecule has 1 aromatic heterocycles. The summed E-state index contributed by atoms with van der Waals surface area (Å²) in [4.78, 5) is 20.1. The van der Waals surface area contributed by atoms with Crippen molar-refractivity contribution in [3.63, 3.8) is 0 Å². The molecule has 2 atom stereocenters. The van der Waals surface area contributed by atoms with E-state index in [2.05, 4.69) is 33.6 Å². The summed E-state index contributed by atoms with van der Waals surface area (Å²) in [6.07, 6.45) is 4.04. The van der Waals surface area contributed by atoms with E-state index in [1.807, 2.05) is 6.07 Å². The first kappa shape index (κ1) is 16.3. The third-order valence-corrected chi connectivity index (χ3v) is 4.48. The van der Waals surface area contributed by atoms with Crippen molar-refractivity contribution in [1.29, 1.82) is 5.26 Å². The van der Waals surface area contributed by atoms with Gasteiger partial charge in [0, 0.05) is 24.5 Å². The van der Waals surface area contributed by atoms with Crippen LogP contribution >= 0.6 is 0 Å². The number of hydrogen-bond acceptors (Lipinski definition) is 6. The van der Waals surface area contributed by atoms with Gasteiger partial charge in [-0.1, -0.05) is 13.0 Å². The molecule has 1 amide bonds. The zero-order valence-corrected chi connectivity index (χ0v) is 13.5. The Balaban J connectivity index is 2.16. The second kappa shape index (κ2) is 6.51. The summed E-state index contributed by atoms with van der Waals surface area (Å²) >= 11 is 0. The number of nitriles is 1. The first-order valence-corrected chi connectivity index (χ1v) is 7.94. The standard InChI is InChI=1S/C17H20N6O/c1-11-6-17(10-20-8-11,23-9-14(19)24)13-3-2-12(7-18)15-16(13)22-5-4-21-15/h2-5,11,20,23H,6,8-10H2,1H3,(H2,19,24)/t11-,17-/m0/s1. The quantitative estimate of drug-likeness (QED) is 0.749. The Bertz CT molecular complexity index is 814. The third kappa shape index (κ3) is 2.94. The maximum Gasteiger partial charge on any atom is 0.231 e. The normalized spacial score (nSPS) is 23.8. The molecule has 1 aliphatic heterocycles. The first-order chi connectivity index (χ1) is 11.6. The monoisotopic (exact) mass is 324 g/mol. The zero-order chi connectivity index (χ0) is 17.2. The van der Waals surface area contributed by atoms with E-state index in [0.29, 0.717) is 29.1 Å². The number of nitrogens with two attached hydrogens (primary N) is 1. The van der Waals surface area contributed by atoms with Crippen LogP contribution in [0, 0.1) is 17.2 Å². The first-order valence-electron chi connectivity index (χ1n) is 7.94. The molecular weight excluding hydrogens is 304 g/mol. The van der Waals surface area contributed by atoms with Gasteiger partial charge in [-0.3, -0.25) is 20.1 Å². The number of rotatable bonds is 4. The summed E-state index contributed by atoms with van der Waals surface area (Å²) in [5, 5.41) is 16.0. The van der Waals surface area contributed by atoms with Crippen LogP contribution in [0.25, 0.3) is 11.0 Å². The lowest BCUT2D eigenvalue weighted by atomic mass is 9.78. The largest absolute Gasteiger partial charge is 0.369 e. The molecule has 3 rings (SSSR count). The Hall–Kier alpha value is -2.56. The van der Waals surface area contributed by atoms with E-state index >= 15 is 0 Å². The molecule has 0 radical (unpaired) electrons. The van der Waals surface area contributed by atoms with Crippen molar-refractivity contribution >= 4 is 16.9 Å². The lowest BCUT2D eigenvalue weighted by Gasteiger charge is -2.42. The Labute approximate surface area is 140 Å². The van der Waals surface area contributed by atoms with Crippen LogP contribution in [-0.4, -0.2) is 35.5 Å². The summed E-state index contributed by atoms with van der Waals surface area (Å²) in [7, 11) is 0. The summed E-state index contributed by atoms with van der Waals surface area (Å²) < 4.78 is 0. The van der Waals surface area contributed by atoms with Crippen molar-refractivity contribution < 1.29 is 4.79 Å².